The van der Waals surface area contributed by atoms with E-state index in [0.29, 0.717) is 0 Å². The van der Waals surface area contributed by atoms with Crippen LogP contribution >= 0.6 is 0 Å². The van der Waals surface area contributed by atoms with Crippen molar-refractivity contribution in [1.29, 1.82) is 0 Å². The van der Waals surface area contributed by atoms with Crippen LogP contribution in [0.2, 0.25) is 19.1 Å². The summed E-state index contributed by atoms with van der Waals surface area (Å²) in [5.74, 6) is 0.846. The van der Waals surface area contributed by atoms with Crippen LogP contribution < -0.4 is 4.98 Å². The Labute approximate surface area is 59.9 Å². The highest BCUT2D eigenvalue weighted by Gasteiger charge is 2.18. The van der Waals surface area contributed by atoms with Gasteiger partial charge in [0.25, 0.3) is 0 Å². The average Bonchev–Trinajstić information content (AvgIpc) is 1.63. The minimum absolute atomic E-state index is 0.846. The Hall–Kier alpha value is 0.177. The third-order valence-electron chi connectivity index (χ3n) is 1.60. The van der Waals surface area contributed by atoms with Gasteiger partial charge in [-0.3, -0.25) is 0 Å². The van der Waals surface area contributed by atoms with E-state index in [4.69, 9.17) is 0 Å². The summed E-state index contributed by atoms with van der Waals surface area (Å²) in [4.78, 5) is 3.41. The van der Waals surface area contributed by atoms with Crippen LogP contribution in [-0.2, 0) is 0 Å². The smallest absolute Gasteiger partial charge is 0.119 e. The summed E-state index contributed by atoms with van der Waals surface area (Å²) in [6.45, 7) is 9.30. The molecule has 0 radical (unpaired) electrons. The first kappa shape index (κ1) is 9.18. The molecule has 9 heavy (non-hydrogen) atoms. The molecule has 0 aliphatic rings. The first-order valence-electron chi connectivity index (χ1n) is 3.67. The Morgan fingerprint density at radius 2 is 1.78 bits per heavy atom. The Kier molecular flexibility index (Phi) is 3.44. The van der Waals surface area contributed by atoms with Gasteiger partial charge < -0.3 is 4.98 Å². The molecule has 0 aromatic rings. The van der Waals surface area contributed by atoms with Gasteiger partial charge in [-0.05, 0) is 19.0 Å². The normalized spacial score (nSPS) is 12.7. The summed E-state index contributed by atoms with van der Waals surface area (Å²) >= 11 is 0. The van der Waals surface area contributed by atoms with Crippen molar-refractivity contribution < 1.29 is 0 Å². The van der Waals surface area contributed by atoms with Crippen molar-refractivity contribution >= 4 is 8.24 Å². The minimum Gasteiger partial charge on any atom is -0.340 e. The molecule has 56 valence electrons. The van der Waals surface area contributed by atoms with Gasteiger partial charge in [-0.2, -0.15) is 0 Å². The van der Waals surface area contributed by atoms with Crippen LogP contribution in [0.1, 0.15) is 13.8 Å². The highest BCUT2D eigenvalue weighted by atomic mass is 28.3. The van der Waals surface area contributed by atoms with Gasteiger partial charge in [-0.25, -0.2) is 0 Å². The van der Waals surface area contributed by atoms with E-state index in [2.05, 4.69) is 39.0 Å². The van der Waals surface area contributed by atoms with Crippen LogP contribution in [0.15, 0.2) is 0 Å². The predicted octanol–water partition coefficient (Wildman–Crippen LogP) is 2.07. The standard InChI is InChI=1S/C7H19NSi/c1-7(2)6-9(4,5)8-3/h7-8H,6H2,1-5H3. The molecule has 0 bridgehead atoms. The lowest BCUT2D eigenvalue weighted by Crippen LogP contribution is -2.42. The van der Waals surface area contributed by atoms with Gasteiger partial charge in [0.1, 0.15) is 8.24 Å². The van der Waals surface area contributed by atoms with Gasteiger partial charge in [0.2, 0.25) is 0 Å². The van der Waals surface area contributed by atoms with Crippen LogP contribution in [0, 0.1) is 5.92 Å². The Morgan fingerprint density at radius 1 is 1.33 bits per heavy atom. The van der Waals surface area contributed by atoms with E-state index >= 15 is 0 Å². The molecule has 0 amide bonds. The Morgan fingerprint density at radius 3 is 1.89 bits per heavy atom. The fraction of sp³-hybridized carbons (Fsp3) is 1.00. The largest absolute Gasteiger partial charge is 0.340 e. The molecule has 1 N–H and O–H groups in total. The van der Waals surface area contributed by atoms with Crippen LogP contribution in [0.3, 0.4) is 0 Å². The molecule has 0 unspecified atom stereocenters. The van der Waals surface area contributed by atoms with Gasteiger partial charge in [0.15, 0.2) is 0 Å². The SMILES string of the molecule is CN[Si](C)(C)CC(C)C. The van der Waals surface area contributed by atoms with Gasteiger partial charge >= 0.3 is 0 Å². The second kappa shape index (κ2) is 3.37. The monoisotopic (exact) mass is 145 g/mol. The van der Waals surface area contributed by atoms with Gasteiger partial charge in [-0.1, -0.05) is 26.9 Å². The van der Waals surface area contributed by atoms with E-state index in [0.717, 1.165) is 5.92 Å². The molecule has 0 saturated heterocycles. The molecule has 2 heteroatoms. The van der Waals surface area contributed by atoms with E-state index in [-0.39, 0.29) is 0 Å². The van der Waals surface area contributed by atoms with E-state index in [1.165, 1.54) is 6.04 Å². The summed E-state index contributed by atoms with van der Waals surface area (Å²) in [6.07, 6.45) is 0. The molecule has 0 rings (SSSR count). The predicted molar refractivity (Wildman–Crippen MR) is 46.2 cm³/mol. The fourth-order valence-electron chi connectivity index (χ4n) is 1.12. The van der Waals surface area contributed by atoms with Crippen molar-refractivity contribution in [2.24, 2.45) is 5.92 Å². The number of hydrogen-bond donors (Lipinski definition) is 1. The van der Waals surface area contributed by atoms with E-state index in [9.17, 15) is 0 Å². The van der Waals surface area contributed by atoms with Crippen molar-refractivity contribution in [3.8, 4) is 0 Å². The second-order valence-electron chi connectivity index (χ2n) is 3.73. The first-order valence-corrected chi connectivity index (χ1v) is 6.87. The molecule has 0 aromatic heterocycles. The maximum absolute atomic E-state index is 3.41. The van der Waals surface area contributed by atoms with E-state index in [1.54, 1.807) is 0 Å². The topological polar surface area (TPSA) is 12.0 Å². The van der Waals surface area contributed by atoms with Crippen LogP contribution in [0.25, 0.3) is 0 Å². The lowest BCUT2D eigenvalue weighted by atomic mass is 10.3. The zero-order chi connectivity index (χ0) is 7.49. The molecule has 0 saturated carbocycles. The first-order chi connectivity index (χ1) is 3.98. The lowest BCUT2D eigenvalue weighted by molar-refractivity contribution is 0.712. The van der Waals surface area contributed by atoms with Crippen molar-refractivity contribution in [2.45, 2.75) is 33.0 Å². The maximum atomic E-state index is 3.41. The van der Waals surface area contributed by atoms with Gasteiger partial charge in [-0.15, -0.1) is 0 Å². The molecular formula is C7H19NSi. The van der Waals surface area contributed by atoms with Crippen molar-refractivity contribution in [3.05, 3.63) is 0 Å². The molecule has 0 fully saturated rings. The van der Waals surface area contributed by atoms with E-state index < -0.39 is 8.24 Å². The van der Waals surface area contributed by atoms with E-state index in [1.807, 2.05) is 0 Å². The molecule has 0 spiro atoms. The quantitative estimate of drug-likeness (QED) is 0.599. The van der Waals surface area contributed by atoms with Crippen LogP contribution in [0.5, 0.6) is 0 Å². The van der Waals surface area contributed by atoms with Gasteiger partial charge in [0, 0.05) is 0 Å². The lowest BCUT2D eigenvalue weighted by Gasteiger charge is -2.22. The summed E-state index contributed by atoms with van der Waals surface area (Å²) in [6, 6.07) is 1.38. The van der Waals surface area contributed by atoms with Crippen molar-refractivity contribution in [2.75, 3.05) is 7.05 Å². The number of nitrogens with one attached hydrogen (secondary N) is 1. The van der Waals surface area contributed by atoms with Crippen LogP contribution in [-0.4, -0.2) is 15.3 Å². The zero-order valence-electron chi connectivity index (χ0n) is 7.28. The molecule has 0 aliphatic heterocycles. The third kappa shape index (κ3) is 4.67. The van der Waals surface area contributed by atoms with Crippen molar-refractivity contribution in [3.63, 3.8) is 0 Å². The van der Waals surface area contributed by atoms with Crippen LogP contribution in [0.4, 0.5) is 0 Å². The highest BCUT2D eigenvalue weighted by Crippen LogP contribution is 2.12. The zero-order valence-corrected chi connectivity index (χ0v) is 8.28. The highest BCUT2D eigenvalue weighted by molar-refractivity contribution is 6.74. The number of rotatable bonds is 3. The molecule has 1 nitrogen and oxygen atoms in total. The minimum atomic E-state index is -0.990. The average molecular weight is 145 g/mol. The summed E-state index contributed by atoms with van der Waals surface area (Å²) in [5, 5.41) is 0. The summed E-state index contributed by atoms with van der Waals surface area (Å²) in [7, 11) is 1.09. The molecule has 0 heterocycles. The summed E-state index contributed by atoms with van der Waals surface area (Å²) in [5.41, 5.74) is 0. The Balaban J connectivity index is 3.58. The molecule has 0 aromatic carbocycles. The Bertz CT molecular complexity index is 79.0. The fourth-order valence-corrected chi connectivity index (χ4v) is 3.37. The van der Waals surface area contributed by atoms with Crippen molar-refractivity contribution in [1.82, 2.24) is 4.98 Å². The maximum Gasteiger partial charge on any atom is 0.119 e. The third-order valence-corrected chi connectivity index (χ3v) is 4.79. The molecule has 0 atom stereocenters. The molecular weight excluding hydrogens is 126 g/mol. The summed E-state index contributed by atoms with van der Waals surface area (Å²) < 4.78 is 0. The molecule has 0 aliphatic carbocycles. The number of hydrogen-bond acceptors (Lipinski definition) is 1. The second-order valence-corrected chi connectivity index (χ2v) is 8.41. The van der Waals surface area contributed by atoms with Gasteiger partial charge in [0.05, 0.1) is 0 Å².